The molecular weight excluding hydrogens is 234 g/mol. The van der Waals surface area contributed by atoms with E-state index in [1.54, 1.807) is 0 Å². The standard InChI is InChI=1S/C14H20ClNO/c1-4-10(2)7-11(3)13-8-12(15)5-6-14(13)17-9-16/h4-6,8,11H,7,9,16H2,1-3H3/b10-4+. The summed E-state index contributed by atoms with van der Waals surface area (Å²) in [4.78, 5) is 0. The molecule has 0 radical (unpaired) electrons. The van der Waals surface area contributed by atoms with Crippen LogP contribution in [0.4, 0.5) is 0 Å². The fourth-order valence-electron chi connectivity index (χ4n) is 1.84. The van der Waals surface area contributed by atoms with Crippen LogP contribution in [0.3, 0.4) is 0 Å². The predicted molar refractivity (Wildman–Crippen MR) is 73.6 cm³/mol. The van der Waals surface area contributed by atoms with Gasteiger partial charge in [0, 0.05) is 5.02 Å². The second-order valence-electron chi connectivity index (χ2n) is 4.23. The molecular formula is C14H20ClNO. The van der Waals surface area contributed by atoms with E-state index in [9.17, 15) is 0 Å². The Kier molecular flexibility index (Phi) is 5.52. The van der Waals surface area contributed by atoms with Gasteiger partial charge in [-0.1, -0.05) is 30.2 Å². The summed E-state index contributed by atoms with van der Waals surface area (Å²) in [6.07, 6.45) is 3.13. The van der Waals surface area contributed by atoms with Crippen molar-refractivity contribution in [2.24, 2.45) is 5.73 Å². The van der Waals surface area contributed by atoms with Gasteiger partial charge in [0.2, 0.25) is 0 Å². The zero-order valence-electron chi connectivity index (χ0n) is 10.7. The van der Waals surface area contributed by atoms with Crippen LogP contribution in [0.2, 0.25) is 5.02 Å². The quantitative estimate of drug-likeness (QED) is 0.634. The van der Waals surface area contributed by atoms with Gasteiger partial charge >= 0.3 is 0 Å². The largest absolute Gasteiger partial charge is 0.478 e. The Morgan fingerprint density at radius 3 is 2.82 bits per heavy atom. The zero-order chi connectivity index (χ0) is 12.8. The van der Waals surface area contributed by atoms with E-state index in [4.69, 9.17) is 22.1 Å². The second-order valence-corrected chi connectivity index (χ2v) is 4.67. The van der Waals surface area contributed by atoms with Gasteiger partial charge in [0.1, 0.15) is 12.5 Å². The molecule has 2 nitrogen and oxygen atoms in total. The third-order valence-electron chi connectivity index (χ3n) is 2.86. The third-order valence-corrected chi connectivity index (χ3v) is 3.10. The number of ether oxygens (including phenoxy) is 1. The molecule has 0 aliphatic rings. The molecule has 0 saturated heterocycles. The van der Waals surface area contributed by atoms with E-state index in [0.29, 0.717) is 5.92 Å². The molecule has 1 unspecified atom stereocenters. The molecule has 0 spiro atoms. The maximum Gasteiger partial charge on any atom is 0.137 e. The molecule has 1 atom stereocenters. The van der Waals surface area contributed by atoms with Crippen LogP contribution in [0.5, 0.6) is 5.75 Å². The van der Waals surface area contributed by atoms with E-state index in [-0.39, 0.29) is 6.73 Å². The molecule has 0 heterocycles. The summed E-state index contributed by atoms with van der Waals surface area (Å²) in [6.45, 7) is 6.54. The van der Waals surface area contributed by atoms with Gasteiger partial charge < -0.3 is 4.74 Å². The minimum atomic E-state index is 0.184. The molecule has 0 bridgehead atoms. The van der Waals surface area contributed by atoms with Gasteiger partial charge in [0.25, 0.3) is 0 Å². The van der Waals surface area contributed by atoms with E-state index in [1.165, 1.54) is 5.57 Å². The molecule has 0 aliphatic heterocycles. The predicted octanol–water partition coefficient (Wildman–Crippen LogP) is 4.09. The minimum Gasteiger partial charge on any atom is -0.478 e. The summed E-state index contributed by atoms with van der Waals surface area (Å²) in [5.41, 5.74) is 7.90. The number of benzene rings is 1. The minimum absolute atomic E-state index is 0.184. The summed E-state index contributed by atoms with van der Waals surface area (Å²) in [5, 5.41) is 0.731. The summed E-state index contributed by atoms with van der Waals surface area (Å²) in [6, 6.07) is 5.66. The Labute approximate surface area is 108 Å². The van der Waals surface area contributed by atoms with Crippen molar-refractivity contribution in [1.29, 1.82) is 0 Å². The highest BCUT2D eigenvalue weighted by Gasteiger charge is 2.12. The fraction of sp³-hybridized carbons (Fsp3) is 0.429. The van der Waals surface area contributed by atoms with Crippen molar-refractivity contribution < 1.29 is 4.74 Å². The van der Waals surface area contributed by atoms with Crippen LogP contribution in [-0.2, 0) is 0 Å². The Morgan fingerprint density at radius 2 is 2.24 bits per heavy atom. The Balaban J connectivity index is 2.97. The van der Waals surface area contributed by atoms with E-state index in [0.717, 1.165) is 22.8 Å². The van der Waals surface area contributed by atoms with Crippen molar-refractivity contribution in [2.75, 3.05) is 6.73 Å². The molecule has 2 N–H and O–H groups in total. The highest BCUT2D eigenvalue weighted by molar-refractivity contribution is 6.30. The highest BCUT2D eigenvalue weighted by Crippen LogP contribution is 2.32. The maximum absolute atomic E-state index is 6.03. The Morgan fingerprint density at radius 1 is 1.53 bits per heavy atom. The average Bonchev–Trinajstić information content (AvgIpc) is 2.31. The molecule has 0 saturated carbocycles. The molecule has 1 aromatic carbocycles. The van der Waals surface area contributed by atoms with Gasteiger partial charge in [-0.3, -0.25) is 5.73 Å². The Hall–Kier alpha value is -0.990. The molecule has 17 heavy (non-hydrogen) atoms. The molecule has 0 aliphatic carbocycles. The lowest BCUT2D eigenvalue weighted by molar-refractivity contribution is 0.324. The number of allylic oxidation sites excluding steroid dienone is 2. The van der Waals surface area contributed by atoms with Crippen LogP contribution in [0.25, 0.3) is 0 Å². The lowest BCUT2D eigenvalue weighted by Crippen LogP contribution is -2.09. The molecule has 0 amide bonds. The van der Waals surface area contributed by atoms with E-state index < -0.39 is 0 Å². The topological polar surface area (TPSA) is 35.2 Å². The first-order valence-corrected chi connectivity index (χ1v) is 6.20. The van der Waals surface area contributed by atoms with Gasteiger partial charge in [0.05, 0.1) is 0 Å². The van der Waals surface area contributed by atoms with E-state index in [1.807, 2.05) is 18.2 Å². The van der Waals surface area contributed by atoms with Gasteiger partial charge in [-0.25, -0.2) is 0 Å². The van der Waals surface area contributed by atoms with Crippen LogP contribution in [0.1, 0.15) is 38.7 Å². The van der Waals surface area contributed by atoms with Crippen molar-refractivity contribution in [1.82, 2.24) is 0 Å². The molecule has 1 rings (SSSR count). The maximum atomic E-state index is 6.03. The summed E-state index contributed by atoms with van der Waals surface area (Å²) >= 11 is 6.03. The molecule has 94 valence electrons. The average molecular weight is 254 g/mol. The highest BCUT2D eigenvalue weighted by atomic mass is 35.5. The normalized spacial score (nSPS) is 13.6. The van der Waals surface area contributed by atoms with Crippen molar-refractivity contribution in [2.45, 2.75) is 33.1 Å². The van der Waals surface area contributed by atoms with E-state index >= 15 is 0 Å². The summed E-state index contributed by atoms with van der Waals surface area (Å²) in [7, 11) is 0. The first-order chi connectivity index (χ1) is 8.08. The van der Waals surface area contributed by atoms with Gasteiger partial charge in [-0.15, -0.1) is 0 Å². The smallest absolute Gasteiger partial charge is 0.137 e. The van der Waals surface area contributed by atoms with Crippen molar-refractivity contribution >= 4 is 11.6 Å². The zero-order valence-corrected chi connectivity index (χ0v) is 11.4. The van der Waals surface area contributed by atoms with Gasteiger partial charge in [-0.2, -0.15) is 0 Å². The lowest BCUT2D eigenvalue weighted by atomic mass is 9.93. The molecule has 3 heteroatoms. The van der Waals surface area contributed by atoms with Crippen molar-refractivity contribution in [3.8, 4) is 5.75 Å². The van der Waals surface area contributed by atoms with Crippen LogP contribution < -0.4 is 10.5 Å². The molecule has 0 fully saturated rings. The lowest BCUT2D eigenvalue weighted by Gasteiger charge is -2.17. The van der Waals surface area contributed by atoms with Crippen molar-refractivity contribution in [3.05, 3.63) is 40.4 Å². The van der Waals surface area contributed by atoms with Gasteiger partial charge in [0.15, 0.2) is 0 Å². The monoisotopic (exact) mass is 253 g/mol. The van der Waals surface area contributed by atoms with Crippen LogP contribution in [0, 0.1) is 0 Å². The summed E-state index contributed by atoms with van der Waals surface area (Å²) in [5.74, 6) is 1.19. The number of halogens is 1. The van der Waals surface area contributed by atoms with E-state index in [2.05, 4.69) is 26.8 Å². The molecule has 1 aromatic rings. The third kappa shape index (κ3) is 4.06. The van der Waals surface area contributed by atoms with Gasteiger partial charge in [-0.05, 0) is 49.9 Å². The molecule has 0 aromatic heterocycles. The summed E-state index contributed by atoms with van der Waals surface area (Å²) < 4.78 is 5.43. The fourth-order valence-corrected chi connectivity index (χ4v) is 2.02. The number of nitrogens with two attached hydrogens (primary N) is 1. The SMILES string of the molecule is C/C=C(\C)CC(C)c1cc(Cl)ccc1OCN. The Bertz CT molecular complexity index is 401. The number of hydrogen-bond acceptors (Lipinski definition) is 2. The second kappa shape index (κ2) is 6.67. The first-order valence-electron chi connectivity index (χ1n) is 5.82. The van der Waals surface area contributed by atoms with Crippen molar-refractivity contribution in [3.63, 3.8) is 0 Å². The number of hydrogen-bond donors (Lipinski definition) is 1. The first kappa shape index (κ1) is 14.1. The van der Waals surface area contributed by atoms with Crippen LogP contribution in [-0.4, -0.2) is 6.73 Å². The number of rotatable bonds is 5. The van der Waals surface area contributed by atoms with Crippen LogP contribution in [0.15, 0.2) is 29.8 Å². The van der Waals surface area contributed by atoms with Crippen LogP contribution >= 0.6 is 11.6 Å².